The van der Waals surface area contributed by atoms with Crippen molar-refractivity contribution in [2.75, 3.05) is 19.6 Å². The summed E-state index contributed by atoms with van der Waals surface area (Å²) in [6.45, 7) is 6.93. The minimum atomic E-state index is -4.39. The van der Waals surface area contributed by atoms with Crippen LogP contribution in [0.2, 0.25) is 0 Å². The summed E-state index contributed by atoms with van der Waals surface area (Å²) in [6, 6.07) is 8.95. The summed E-state index contributed by atoms with van der Waals surface area (Å²) in [6.07, 6.45) is -0.849. The van der Waals surface area contributed by atoms with Gasteiger partial charge in [0, 0.05) is 38.4 Å². The maximum absolute atomic E-state index is 13.0. The average Bonchev–Trinajstić information content (AvgIpc) is 3.14. The molecule has 2 rings (SSSR count). The molecule has 0 spiro atoms. The molecular weight excluding hydrogens is 407 g/mol. The van der Waals surface area contributed by atoms with Crippen molar-refractivity contribution in [1.29, 1.82) is 0 Å². The van der Waals surface area contributed by atoms with E-state index in [1.807, 2.05) is 30.5 Å². The highest BCUT2D eigenvalue weighted by Crippen LogP contribution is 2.29. The molecule has 0 saturated carbocycles. The van der Waals surface area contributed by atoms with Gasteiger partial charge in [0.15, 0.2) is 0 Å². The Labute approximate surface area is 181 Å². The SMILES string of the molecule is CCCCN(Cc1cccn1Cc1cccc(C(F)(F)F)c1)C(=O)CN(CC)C(C)=O. The van der Waals surface area contributed by atoms with Crippen LogP contribution in [0.3, 0.4) is 0 Å². The van der Waals surface area contributed by atoms with Gasteiger partial charge in [0.2, 0.25) is 11.8 Å². The lowest BCUT2D eigenvalue weighted by Gasteiger charge is -2.27. The second-order valence-electron chi connectivity index (χ2n) is 7.53. The first-order valence-electron chi connectivity index (χ1n) is 10.5. The first-order chi connectivity index (χ1) is 14.7. The van der Waals surface area contributed by atoms with E-state index >= 15 is 0 Å². The van der Waals surface area contributed by atoms with E-state index in [9.17, 15) is 22.8 Å². The Kier molecular flexibility index (Phi) is 8.71. The van der Waals surface area contributed by atoms with Crippen molar-refractivity contribution < 1.29 is 22.8 Å². The number of halogens is 3. The molecular formula is C23H30F3N3O2. The van der Waals surface area contributed by atoms with Gasteiger partial charge in [-0.25, -0.2) is 0 Å². The van der Waals surface area contributed by atoms with E-state index < -0.39 is 11.7 Å². The van der Waals surface area contributed by atoms with E-state index in [2.05, 4.69) is 0 Å². The number of alkyl halides is 3. The summed E-state index contributed by atoms with van der Waals surface area (Å²) in [5.74, 6) is -0.295. The van der Waals surface area contributed by atoms with Crippen molar-refractivity contribution in [1.82, 2.24) is 14.4 Å². The number of likely N-dealkylation sites (N-methyl/N-ethyl adjacent to an activating group) is 1. The monoisotopic (exact) mass is 437 g/mol. The smallest absolute Gasteiger partial charge is 0.345 e. The second kappa shape index (κ2) is 11.0. The predicted octanol–water partition coefficient (Wildman–Crippen LogP) is 4.55. The first-order valence-corrected chi connectivity index (χ1v) is 10.5. The molecule has 31 heavy (non-hydrogen) atoms. The van der Waals surface area contributed by atoms with E-state index in [-0.39, 0.29) is 24.9 Å². The number of carbonyl (C=O) groups excluding carboxylic acids is 2. The van der Waals surface area contributed by atoms with Crippen LogP contribution in [0.25, 0.3) is 0 Å². The number of aromatic nitrogens is 1. The molecule has 1 aromatic heterocycles. The number of nitrogens with zero attached hydrogens (tertiary/aromatic N) is 3. The summed E-state index contributed by atoms with van der Waals surface area (Å²) in [7, 11) is 0. The van der Waals surface area contributed by atoms with Gasteiger partial charge in [-0.05, 0) is 43.2 Å². The minimum absolute atomic E-state index is 0.0177. The number of carbonyl (C=O) groups is 2. The van der Waals surface area contributed by atoms with Crippen LogP contribution >= 0.6 is 0 Å². The van der Waals surface area contributed by atoms with E-state index in [0.717, 1.165) is 30.7 Å². The highest BCUT2D eigenvalue weighted by molar-refractivity contribution is 5.83. The van der Waals surface area contributed by atoms with E-state index in [1.54, 1.807) is 17.2 Å². The minimum Gasteiger partial charge on any atom is -0.345 e. The topological polar surface area (TPSA) is 45.6 Å². The maximum Gasteiger partial charge on any atom is 0.416 e. The van der Waals surface area contributed by atoms with Gasteiger partial charge in [-0.2, -0.15) is 13.2 Å². The largest absolute Gasteiger partial charge is 0.416 e. The number of amides is 2. The van der Waals surface area contributed by atoms with Crippen molar-refractivity contribution in [3.63, 3.8) is 0 Å². The van der Waals surface area contributed by atoms with Crippen LogP contribution in [-0.2, 0) is 28.9 Å². The molecule has 170 valence electrons. The van der Waals surface area contributed by atoms with Crippen molar-refractivity contribution in [3.05, 3.63) is 59.4 Å². The highest BCUT2D eigenvalue weighted by Gasteiger charge is 2.30. The van der Waals surface area contributed by atoms with Crippen LogP contribution < -0.4 is 0 Å². The number of rotatable bonds is 10. The van der Waals surface area contributed by atoms with Crippen molar-refractivity contribution >= 4 is 11.8 Å². The Balaban J connectivity index is 2.17. The zero-order valence-electron chi connectivity index (χ0n) is 18.3. The quantitative estimate of drug-likeness (QED) is 0.547. The maximum atomic E-state index is 13.0. The van der Waals surface area contributed by atoms with E-state index in [1.165, 1.54) is 17.9 Å². The Bertz CT molecular complexity index is 877. The molecule has 0 radical (unpaired) electrons. The molecule has 0 unspecified atom stereocenters. The third-order valence-electron chi connectivity index (χ3n) is 5.17. The van der Waals surface area contributed by atoms with Gasteiger partial charge in [-0.1, -0.05) is 25.5 Å². The van der Waals surface area contributed by atoms with Crippen LogP contribution in [0, 0.1) is 0 Å². The van der Waals surface area contributed by atoms with Gasteiger partial charge < -0.3 is 14.4 Å². The Morgan fingerprint density at radius 3 is 2.42 bits per heavy atom. The van der Waals surface area contributed by atoms with Crippen LogP contribution in [0.4, 0.5) is 13.2 Å². The first kappa shape index (κ1) is 24.5. The Morgan fingerprint density at radius 1 is 1.06 bits per heavy atom. The molecule has 0 aliphatic heterocycles. The van der Waals surface area contributed by atoms with Gasteiger partial charge in [0.25, 0.3) is 0 Å². The van der Waals surface area contributed by atoms with Crippen LogP contribution in [0.1, 0.15) is 50.4 Å². The lowest BCUT2D eigenvalue weighted by molar-refractivity contribution is -0.139. The molecule has 0 bridgehead atoms. The molecule has 8 heteroatoms. The molecule has 0 aliphatic rings. The Morgan fingerprint density at radius 2 is 1.81 bits per heavy atom. The molecule has 2 aromatic rings. The number of benzene rings is 1. The average molecular weight is 438 g/mol. The lowest BCUT2D eigenvalue weighted by Crippen LogP contribution is -2.42. The third kappa shape index (κ3) is 7.15. The number of unbranched alkanes of at least 4 members (excludes halogenated alkanes) is 1. The summed E-state index contributed by atoms with van der Waals surface area (Å²) in [4.78, 5) is 27.8. The zero-order chi connectivity index (χ0) is 23.0. The van der Waals surface area contributed by atoms with Crippen molar-refractivity contribution in [2.45, 2.75) is 52.9 Å². The van der Waals surface area contributed by atoms with Gasteiger partial charge in [-0.3, -0.25) is 9.59 Å². The van der Waals surface area contributed by atoms with Gasteiger partial charge >= 0.3 is 6.18 Å². The van der Waals surface area contributed by atoms with Gasteiger partial charge in [-0.15, -0.1) is 0 Å². The van der Waals surface area contributed by atoms with Crippen LogP contribution in [-0.4, -0.2) is 45.8 Å². The fraction of sp³-hybridized carbons (Fsp3) is 0.478. The predicted molar refractivity (Wildman–Crippen MR) is 113 cm³/mol. The van der Waals surface area contributed by atoms with Crippen LogP contribution in [0.5, 0.6) is 0 Å². The number of hydrogen-bond acceptors (Lipinski definition) is 2. The normalized spacial score (nSPS) is 11.4. The zero-order valence-corrected chi connectivity index (χ0v) is 18.3. The molecule has 5 nitrogen and oxygen atoms in total. The Hall–Kier alpha value is -2.77. The standard InChI is InChI=1S/C23H30F3N3O2/c1-4-6-12-29(22(31)17-27(5-2)18(3)30)16-21-11-8-13-28(21)15-19-9-7-10-20(14-19)23(24,25)26/h7-11,13-14H,4-6,12,15-17H2,1-3H3. The summed E-state index contributed by atoms with van der Waals surface area (Å²) >= 11 is 0. The molecule has 0 fully saturated rings. The fourth-order valence-electron chi connectivity index (χ4n) is 3.34. The second-order valence-corrected chi connectivity index (χ2v) is 7.53. The highest BCUT2D eigenvalue weighted by atomic mass is 19.4. The molecule has 0 saturated heterocycles. The van der Waals surface area contributed by atoms with Gasteiger partial charge in [0.05, 0.1) is 18.7 Å². The summed E-state index contributed by atoms with van der Waals surface area (Å²) in [5, 5.41) is 0. The van der Waals surface area contributed by atoms with Crippen molar-refractivity contribution in [2.24, 2.45) is 0 Å². The molecule has 0 aliphatic carbocycles. The van der Waals surface area contributed by atoms with E-state index in [4.69, 9.17) is 0 Å². The molecule has 1 aromatic carbocycles. The molecule has 0 atom stereocenters. The van der Waals surface area contributed by atoms with Crippen LogP contribution in [0.15, 0.2) is 42.6 Å². The lowest BCUT2D eigenvalue weighted by atomic mass is 10.1. The number of hydrogen-bond donors (Lipinski definition) is 0. The summed E-state index contributed by atoms with van der Waals surface area (Å²) in [5.41, 5.74) is 0.683. The summed E-state index contributed by atoms with van der Waals surface area (Å²) < 4.78 is 40.9. The van der Waals surface area contributed by atoms with Crippen molar-refractivity contribution in [3.8, 4) is 0 Å². The third-order valence-corrected chi connectivity index (χ3v) is 5.17. The van der Waals surface area contributed by atoms with Gasteiger partial charge in [0.1, 0.15) is 0 Å². The molecule has 1 heterocycles. The molecule has 0 N–H and O–H groups in total. The van der Waals surface area contributed by atoms with E-state index in [0.29, 0.717) is 25.2 Å². The fourth-order valence-corrected chi connectivity index (χ4v) is 3.34. The molecule has 2 amide bonds.